The van der Waals surface area contributed by atoms with Crippen LogP contribution in [0, 0.1) is 10.1 Å². The SMILES string of the molecule is CCOc1cc(/C=N\NC(=O)c2ccc(Cl)cc2)cc(Cl)c1OCc1ccc([N+](=O)[O-])cc1. The molecule has 3 aromatic carbocycles. The molecule has 0 unspecified atom stereocenters. The lowest BCUT2D eigenvalue weighted by Gasteiger charge is -2.14. The zero-order chi connectivity index (χ0) is 23.8. The number of halogens is 2. The van der Waals surface area contributed by atoms with Crippen molar-refractivity contribution in [1.29, 1.82) is 0 Å². The molecule has 0 bridgehead atoms. The number of ether oxygens (including phenoxy) is 2. The molecular formula is C23H19Cl2N3O5. The molecule has 0 heterocycles. The van der Waals surface area contributed by atoms with Gasteiger partial charge in [-0.1, -0.05) is 23.2 Å². The number of hydrogen-bond acceptors (Lipinski definition) is 6. The number of nitro groups is 1. The lowest BCUT2D eigenvalue weighted by molar-refractivity contribution is -0.384. The molecule has 0 saturated heterocycles. The van der Waals surface area contributed by atoms with Crippen molar-refractivity contribution in [3.8, 4) is 11.5 Å². The van der Waals surface area contributed by atoms with E-state index < -0.39 is 4.92 Å². The maximum Gasteiger partial charge on any atom is 0.271 e. The number of rotatable bonds is 9. The van der Waals surface area contributed by atoms with E-state index in [1.807, 2.05) is 6.92 Å². The van der Waals surface area contributed by atoms with Crippen LogP contribution < -0.4 is 14.9 Å². The molecule has 10 heteroatoms. The molecule has 0 aliphatic rings. The second-order valence-corrected chi connectivity index (χ2v) is 7.52. The Labute approximate surface area is 199 Å². The van der Waals surface area contributed by atoms with Crippen LogP contribution in [-0.4, -0.2) is 23.7 Å². The molecule has 0 aliphatic heterocycles. The number of carbonyl (C=O) groups is 1. The van der Waals surface area contributed by atoms with E-state index >= 15 is 0 Å². The summed E-state index contributed by atoms with van der Waals surface area (Å²) in [5, 5.41) is 15.6. The number of carbonyl (C=O) groups excluding carboxylic acids is 1. The Balaban J connectivity index is 1.70. The number of amides is 1. The predicted molar refractivity (Wildman–Crippen MR) is 127 cm³/mol. The third-order valence-electron chi connectivity index (χ3n) is 4.35. The number of benzene rings is 3. The highest BCUT2D eigenvalue weighted by Crippen LogP contribution is 2.37. The van der Waals surface area contributed by atoms with E-state index in [1.165, 1.54) is 18.3 Å². The van der Waals surface area contributed by atoms with E-state index in [0.29, 0.717) is 34.3 Å². The average molecular weight is 488 g/mol. The standard InChI is InChI=1S/C23H19Cl2N3O5/c1-2-32-21-12-16(13-26-27-23(29)17-5-7-18(24)8-6-17)11-20(25)22(21)33-14-15-3-9-19(10-4-15)28(30)31/h3-13H,2,14H2,1H3,(H,27,29)/b26-13-. The lowest BCUT2D eigenvalue weighted by Crippen LogP contribution is -2.17. The van der Waals surface area contributed by atoms with Gasteiger partial charge in [-0.3, -0.25) is 14.9 Å². The molecule has 1 N–H and O–H groups in total. The Kier molecular flexibility index (Phi) is 8.23. The molecule has 3 aromatic rings. The van der Waals surface area contributed by atoms with Gasteiger partial charge in [-0.25, -0.2) is 5.43 Å². The summed E-state index contributed by atoms with van der Waals surface area (Å²) >= 11 is 12.2. The van der Waals surface area contributed by atoms with Crippen LogP contribution in [0.3, 0.4) is 0 Å². The number of non-ortho nitro benzene ring substituents is 1. The maximum atomic E-state index is 12.1. The van der Waals surface area contributed by atoms with Crippen LogP contribution in [0.4, 0.5) is 5.69 Å². The fourth-order valence-corrected chi connectivity index (χ4v) is 3.17. The molecule has 0 spiro atoms. The van der Waals surface area contributed by atoms with Crippen LogP contribution >= 0.6 is 23.2 Å². The van der Waals surface area contributed by atoms with Crippen LogP contribution in [0.1, 0.15) is 28.4 Å². The van der Waals surface area contributed by atoms with Gasteiger partial charge in [-0.15, -0.1) is 0 Å². The largest absolute Gasteiger partial charge is 0.490 e. The summed E-state index contributed by atoms with van der Waals surface area (Å²) in [5.41, 5.74) is 4.17. The quantitative estimate of drug-likeness (QED) is 0.239. The van der Waals surface area contributed by atoms with Crippen molar-refractivity contribution in [1.82, 2.24) is 5.43 Å². The lowest BCUT2D eigenvalue weighted by atomic mass is 10.2. The van der Waals surface area contributed by atoms with Gasteiger partial charge in [0.1, 0.15) is 6.61 Å². The number of hydrogen-bond donors (Lipinski definition) is 1. The van der Waals surface area contributed by atoms with Gasteiger partial charge in [-0.2, -0.15) is 5.10 Å². The molecule has 0 saturated carbocycles. The summed E-state index contributed by atoms with van der Waals surface area (Å²) in [7, 11) is 0. The molecule has 0 aromatic heterocycles. The third-order valence-corrected chi connectivity index (χ3v) is 4.88. The van der Waals surface area contributed by atoms with Crippen molar-refractivity contribution in [3.05, 3.63) is 97.5 Å². The van der Waals surface area contributed by atoms with Crippen LogP contribution in [0.25, 0.3) is 0 Å². The fraction of sp³-hybridized carbons (Fsp3) is 0.130. The van der Waals surface area contributed by atoms with E-state index in [1.54, 1.807) is 48.5 Å². The van der Waals surface area contributed by atoms with Crippen molar-refractivity contribution < 1.29 is 19.2 Å². The van der Waals surface area contributed by atoms with Crippen molar-refractivity contribution in [3.63, 3.8) is 0 Å². The highest BCUT2D eigenvalue weighted by molar-refractivity contribution is 6.32. The summed E-state index contributed by atoms with van der Waals surface area (Å²) in [6, 6.07) is 15.7. The second kappa shape index (κ2) is 11.3. The summed E-state index contributed by atoms with van der Waals surface area (Å²) in [5.74, 6) is 0.346. The monoisotopic (exact) mass is 487 g/mol. The van der Waals surface area contributed by atoms with Gasteiger partial charge in [0.25, 0.3) is 11.6 Å². The van der Waals surface area contributed by atoms with E-state index in [0.717, 1.165) is 5.56 Å². The highest BCUT2D eigenvalue weighted by atomic mass is 35.5. The predicted octanol–water partition coefficient (Wildman–Crippen LogP) is 5.64. The zero-order valence-corrected chi connectivity index (χ0v) is 19.0. The summed E-state index contributed by atoms with van der Waals surface area (Å²) in [6.45, 7) is 2.33. The summed E-state index contributed by atoms with van der Waals surface area (Å²) in [6.07, 6.45) is 1.43. The molecule has 1 amide bonds. The van der Waals surface area contributed by atoms with Gasteiger partial charge >= 0.3 is 0 Å². The Morgan fingerprint density at radius 3 is 2.42 bits per heavy atom. The molecule has 0 radical (unpaired) electrons. The average Bonchev–Trinajstić information content (AvgIpc) is 2.79. The number of hydrazone groups is 1. The van der Waals surface area contributed by atoms with Crippen molar-refractivity contribution in [2.45, 2.75) is 13.5 Å². The van der Waals surface area contributed by atoms with Crippen molar-refractivity contribution in [2.24, 2.45) is 5.10 Å². The second-order valence-electron chi connectivity index (χ2n) is 6.68. The minimum atomic E-state index is -0.465. The van der Waals surface area contributed by atoms with Gasteiger partial charge in [0.05, 0.1) is 22.8 Å². The third kappa shape index (κ3) is 6.68. The van der Waals surface area contributed by atoms with Crippen molar-refractivity contribution >= 4 is 41.0 Å². The molecule has 33 heavy (non-hydrogen) atoms. The minimum Gasteiger partial charge on any atom is -0.490 e. The fourth-order valence-electron chi connectivity index (χ4n) is 2.77. The number of nitro benzene ring substituents is 1. The molecule has 0 atom stereocenters. The van der Waals surface area contributed by atoms with Gasteiger partial charge in [0, 0.05) is 22.7 Å². The number of nitrogens with one attached hydrogen (secondary N) is 1. The number of nitrogens with zero attached hydrogens (tertiary/aromatic N) is 2. The topological polar surface area (TPSA) is 103 Å². The summed E-state index contributed by atoms with van der Waals surface area (Å²) < 4.78 is 11.5. The van der Waals surface area contributed by atoms with E-state index in [4.69, 9.17) is 32.7 Å². The normalized spacial score (nSPS) is 10.8. The Hall–Kier alpha value is -3.62. The molecule has 0 aliphatic carbocycles. The first-order valence-electron chi connectivity index (χ1n) is 9.79. The van der Waals surface area contributed by atoms with E-state index in [-0.39, 0.29) is 23.2 Å². The van der Waals surface area contributed by atoms with Crippen LogP contribution in [0.5, 0.6) is 11.5 Å². The first-order valence-corrected chi connectivity index (χ1v) is 10.5. The Bertz CT molecular complexity index is 1170. The molecule has 3 rings (SSSR count). The smallest absolute Gasteiger partial charge is 0.271 e. The van der Waals surface area contributed by atoms with Crippen LogP contribution in [0.2, 0.25) is 10.0 Å². The van der Waals surface area contributed by atoms with E-state index in [2.05, 4.69) is 10.5 Å². The minimum absolute atomic E-state index is 0.00131. The first kappa shape index (κ1) is 24.0. The van der Waals surface area contributed by atoms with Gasteiger partial charge in [0.2, 0.25) is 0 Å². The molecule has 0 fully saturated rings. The van der Waals surface area contributed by atoms with Gasteiger partial charge in [0.15, 0.2) is 11.5 Å². The Morgan fingerprint density at radius 1 is 1.09 bits per heavy atom. The van der Waals surface area contributed by atoms with Gasteiger partial charge < -0.3 is 9.47 Å². The molecular weight excluding hydrogens is 469 g/mol. The molecule has 170 valence electrons. The Morgan fingerprint density at radius 2 is 1.79 bits per heavy atom. The zero-order valence-electron chi connectivity index (χ0n) is 17.5. The van der Waals surface area contributed by atoms with Crippen LogP contribution in [-0.2, 0) is 6.61 Å². The highest BCUT2D eigenvalue weighted by Gasteiger charge is 2.13. The summed E-state index contributed by atoms with van der Waals surface area (Å²) in [4.78, 5) is 22.5. The van der Waals surface area contributed by atoms with E-state index in [9.17, 15) is 14.9 Å². The van der Waals surface area contributed by atoms with Crippen LogP contribution in [0.15, 0.2) is 65.8 Å². The first-order chi connectivity index (χ1) is 15.9. The molecule has 8 nitrogen and oxygen atoms in total. The van der Waals surface area contributed by atoms with Crippen molar-refractivity contribution in [2.75, 3.05) is 6.61 Å². The van der Waals surface area contributed by atoms with Gasteiger partial charge in [-0.05, 0) is 66.6 Å². The maximum absolute atomic E-state index is 12.1.